The SMILES string of the molecule is N#Cc1ccc(OCCSc2nnc(C3CC3)n2C2CC2)cc1. The number of rotatable bonds is 7. The van der Waals surface area contributed by atoms with Crippen molar-refractivity contribution in [3.63, 3.8) is 0 Å². The lowest BCUT2D eigenvalue weighted by Gasteiger charge is -2.09. The lowest BCUT2D eigenvalue weighted by atomic mass is 10.2. The molecule has 23 heavy (non-hydrogen) atoms. The molecule has 2 aliphatic carbocycles. The molecule has 2 aromatic rings. The summed E-state index contributed by atoms with van der Waals surface area (Å²) in [6, 6.07) is 9.94. The Morgan fingerprint density at radius 1 is 1.17 bits per heavy atom. The van der Waals surface area contributed by atoms with Gasteiger partial charge >= 0.3 is 0 Å². The fourth-order valence-corrected chi connectivity index (χ4v) is 3.43. The second-order valence-corrected chi connectivity index (χ2v) is 7.11. The summed E-state index contributed by atoms with van der Waals surface area (Å²) in [5.74, 6) is 3.48. The summed E-state index contributed by atoms with van der Waals surface area (Å²) < 4.78 is 8.09. The molecule has 5 nitrogen and oxygen atoms in total. The predicted octanol–water partition coefficient (Wildman–Crippen LogP) is 3.53. The first-order chi connectivity index (χ1) is 11.3. The maximum Gasteiger partial charge on any atom is 0.191 e. The molecule has 0 bridgehead atoms. The van der Waals surface area contributed by atoms with E-state index in [4.69, 9.17) is 10.00 Å². The minimum Gasteiger partial charge on any atom is -0.493 e. The van der Waals surface area contributed by atoms with Gasteiger partial charge in [0.15, 0.2) is 5.16 Å². The normalized spacial score (nSPS) is 17.0. The van der Waals surface area contributed by atoms with Gasteiger partial charge in [0.25, 0.3) is 0 Å². The summed E-state index contributed by atoms with van der Waals surface area (Å²) in [4.78, 5) is 0. The maximum atomic E-state index is 8.78. The third-order valence-corrected chi connectivity index (χ3v) is 5.02. The van der Waals surface area contributed by atoms with Gasteiger partial charge in [-0.25, -0.2) is 0 Å². The van der Waals surface area contributed by atoms with E-state index in [1.807, 2.05) is 12.1 Å². The molecule has 0 radical (unpaired) electrons. The van der Waals surface area contributed by atoms with Gasteiger partial charge in [-0.2, -0.15) is 5.26 Å². The number of hydrogen-bond donors (Lipinski definition) is 0. The molecular formula is C17H18N4OS. The highest BCUT2D eigenvalue weighted by Crippen LogP contribution is 2.45. The van der Waals surface area contributed by atoms with Crippen molar-refractivity contribution < 1.29 is 4.74 Å². The van der Waals surface area contributed by atoms with Crippen LogP contribution in [-0.2, 0) is 0 Å². The molecular weight excluding hydrogens is 308 g/mol. The highest BCUT2D eigenvalue weighted by molar-refractivity contribution is 7.99. The Morgan fingerprint density at radius 3 is 2.61 bits per heavy atom. The molecule has 1 aromatic carbocycles. The molecule has 2 fully saturated rings. The average molecular weight is 326 g/mol. The van der Waals surface area contributed by atoms with Crippen LogP contribution in [0.25, 0.3) is 0 Å². The van der Waals surface area contributed by atoms with Crippen molar-refractivity contribution in [3.05, 3.63) is 35.7 Å². The fraction of sp³-hybridized carbons (Fsp3) is 0.471. The summed E-state index contributed by atoms with van der Waals surface area (Å²) in [5.41, 5.74) is 0.650. The van der Waals surface area contributed by atoms with Gasteiger partial charge in [0.05, 0.1) is 18.2 Å². The van der Waals surface area contributed by atoms with Crippen molar-refractivity contribution in [1.82, 2.24) is 14.8 Å². The zero-order valence-electron chi connectivity index (χ0n) is 12.8. The van der Waals surface area contributed by atoms with Crippen LogP contribution in [0.15, 0.2) is 29.4 Å². The Kier molecular flexibility index (Phi) is 3.96. The Labute approximate surface area is 139 Å². The molecule has 0 saturated heterocycles. The van der Waals surface area contributed by atoms with E-state index in [9.17, 15) is 0 Å². The van der Waals surface area contributed by atoms with Crippen molar-refractivity contribution >= 4 is 11.8 Å². The standard InChI is InChI=1S/C17H18N4OS/c18-11-12-1-7-15(8-2-12)22-9-10-23-17-20-19-16(13-3-4-13)21(17)14-5-6-14/h1-2,7-8,13-14H,3-6,9-10H2. The van der Waals surface area contributed by atoms with Crippen LogP contribution in [0.5, 0.6) is 5.75 Å². The van der Waals surface area contributed by atoms with Crippen LogP contribution in [0.2, 0.25) is 0 Å². The molecule has 0 spiro atoms. The molecule has 2 aliphatic rings. The number of nitrogens with zero attached hydrogens (tertiary/aromatic N) is 4. The molecule has 1 aromatic heterocycles. The molecule has 4 rings (SSSR count). The Balaban J connectivity index is 1.32. The van der Waals surface area contributed by atoms with Crippen molar-refractivity contribution in [2.45, 2.75) is 42.8 Å². The summed E-state index contributed by atoms with van der Waals surface area (Å²) in [7, 11) is 0. The summed E-state index contributed by atoms with van der Waals surface area (Å²) >= 11 is 1.72. The number of benzene rings is 1. The maximum absolute atomic E-state index is 8.78. The second kappa shape index (κ2) is 6.25. The van der Waals surface area contributed by atoms with Gasteiger partial charge in [0.2, 0.25) is 0 Å². The molecule has 0 unspecified atom stereocenters. The number of nitriles is 1. The Bertz CT molecular complexity index is 726. The third kappa shape index (κ3) is 3.35. The van der Waals surface area contributed by atoms with Gasteiger partial charge in [-0.3, -0.25) is 0 Å². The number of thioether (sulfide) groups is 1. The van der Waals surface area contributed by atoms with E-state index in [1.165, 1.54) is 31.5 Å². The zero-order valence-corrected chi connectivity index (χ0v) is 13.6. The summed E-state index contributed by atoms with van der Waals surface area (Å²) in [6.45, 7) is 0.618. The van der Waals surface area contributed by atoms with Gasteiger partial charge in [-0.15, -0.1) is 10.2 Å². The van der Waals surface area contributed by atoms with Crippen molar-refractivity contribution in [3.8, 4) is 11.8 Å². The molecule has 6 heteroatoms. The lowest BCUT2D eigenvalue weighted by Crippen LogP contribution is -2.04. The average Bonchev–Trinajstić information content (AvgIpc) is 3.51. The van der Waals surface area contributed by atoms with Gasteiger partial charge in [0.1, 0.15) is 11.6 Å². The van der Waals surface area contributed by atoms with Crippen LogP contribution in [0.3, 0.4) is 0 Å². The lowest BCUT2D eigenvalue weighted by molar-refractivity contribution is 0.344. The second-order valence-electron chi connectivity index (χ2n) is 6.05. The van der Waals surface area contributed by atoms with E-state index < -0.39 is 0 Å². The van der Waals surface area contributed by atoms with Crippen LogP contribution >= 0.6 is 11.8 Å². The summed E-state index contributed by atoms with van der Waals surface area (Å²) in [6.07, 6.45) is 5.04. The van der Waals surface area contributed by atoms with E-state index in [1.54, 1.807) is 23.9 Å². The molecule has 0 atom stereocenters. The van der Waals surface area contributed by atoms with E-state index >= 15 is 0 Å². The minimum absolute atomic E-state index is 0.618. The van der Waals surface area contributed by atoms with E-state index in [0.29, 0.717) is 24.1 Å². The zero-order chi connectivity index (χ0) is 15.6. The first kappa shape index (κ1) is 14.6. The van der Waals surface area contributed by atoms with Gasteiger partial charge in [0, 0.05) is 17.7 Å². The molecule has 118 valence electrons. The Morgan fingerprint density at radius 2 is 1.96 bits per heavy atom. The van der Waals surface area contributed by atoms with E-state index in [-0.39, 0.29) is 0 Å². The fourth-order valence-electron chi connectivity index (χ4n) is 2.60. The van der Waals surface area contributed by atoms with E-state index in [2.05, 4.69) is 20.8 Å². The van der Waals surface area contributed by atoms with Crippen LogP contribution in [0.1, 0.15) is 49.0 Å². The van der Waals surface area contributed by atoms with Crippen LogP contribution < -0.4 is 4.74 Å². The van der Waals surface area contributed by atoms with Gasteiger partial charge in [-0.05, 0) is 49.9 Å². The predicted molar refractivity (Wildman–Crippen MR) is 87.6 cm³/mol. The monoisotopic (exact) mass is 326 g/mol. The van der Waals surface area contributed by atoms with Gasteiger partial charge in [-0.1, -0.05) is 11.8 Å². The highest BCUT2D eigenvalue weighted by atomic mass is 32.2. The number of ether oxygens (including phenoxy) is 1. The van der Waals surface area contributed by atoms with Crippen LogP contribution in [-0.4, -0.2) is 27.1 Å². The quantitative estimate of drug-likeness (QED) is 0.575. The first-order valence-electron chi connectivity index (χ1n) is 8.05. The molecule has 1 heterocycles. The smallest absolute Gasteiger partial charge is 0.191 e. The highest BCUT2D eigenvalue weighted by Gasteiger charge is 2.36. The largest absolute Gasteiger partial charge is 0.493 e. The number of hydrogen-bond acceptors (Lipinski definition) is 5. The topological polar surface area (TPSA) is 63.7 Å². The molecule has 0 N–H and O–H groups in total. The third-order valence-electron chi connectivity index (χ3n) is 4.11. The van der Waals surface area contributed by atoms with Crippen LogP contribution in [0, 0.1) is 11.3 Å². The van der Waals surface area contributed by atoms with Crippen molar-refractivity contribution in [2.24, 2.45) is 0 Å². The van der Waals surface area contributed by atoms with E-state index in [0.717, 1.165) is 16.7 Å². The van der Waals surface area contributed by atoms with Crippen molar-refractivity contribution in [2.75, 3.05) is 12.4 Å². The minimum atomic E-state index is 0.618. The van der Waals surface area contributed by atoms with Gasteiger partial charge < -0.3 is 9.30 Å². The molecule has 0 aliphatic heterocycles. The number of aromatic nitrogens is 3. The Hall–Kier alpha value is -2.00. The summed E-state index contributed by atoms with van der Waals surface area (Å²) in [5, 5.41) is 18.6. The molecule has 0 amide bonds. The van der Waals surface area contributed by atoms with Crippen molar-refractivity contribution in [1.29, 1.82) is 5.26 Å². The van der Waals surface area contributed by atoms with Crippen LogP contribution in [0.4, 0.5) is 0 Å². The molecule has 2 saturated carbocycles. The first-order valence-corrected chi connectivity index (χ1v) is 9.04.